The van der Waals surface area contributed by atoms with Crippen molar-refractivity contribution in [1.82, 2.24) is 20.3 Å². The van der Waals surface area contributed by atoms with E-state index in [1.165, 1.54) is 10.9 Å². The molecule has 0 unspecified atom stereocenters. The largest absolute Gasteiger partial charge is 0.454 e. The normalized spacial score (nSPS) is 12.0. The van der Waals surface area contributed by atoms with Gasteiger partial charge in [-0.1, -0.05) is 18.2 Å². The highest BCUT2D eigenvalue weighted by atomic mass is 16.7. The van der Waals surface area contributed by atoms with Crippen molar-refractivity contribution < 1.29 is 19.1 Å². The molecular weight excluding hydrogens is 314 g/mol. The van der Waals surface area contributed by atoms with Crippen LogP contribution in [0.25, 0.3) is 0 Å². The number of fused-ring (bicyclic) bond motifs is 1. The SMILES string of the molecule is CCC(=O)Nc1cn(CC(=O)NCc2ccc3c(c2)OCO3)nn1. The molecule has 2 N–H and O–H groups in total. The maximum absolute atomic E-state index is 12.0. The van der Waals surface area contributed by atoms with Crippen molar-refractivity contribution in [2.24, 2.45) is 0 Å². The summed E-state index contributed by atoms with van der Waals surface area (Å²) in [5, 5.41) is 13.0. The minimum atomic E-state index is -0.217. The van der Waals surface area contributed by atoms with Gasteiger partial charge in [-0.25, -0.2) is 4.68 Å². The van der Waals surface area contributed by atoms with Gasteiger partial charge in [-0.15, -0.1) is 5.10 Å². The van der Waals surface area contributed by atoms with Crippen molar-refractivity contribution in [3.8, 4) is 11.5 Å². The lowest BCUT2D eigenvalue weighted by atomic mass is 10.2. The Labute approximate surface area is 137 Å². The van der Waals surface area contributed by atoms with Crippen molar-refractivity contribution in [1.29, 1.82) is 0 Å². The highest BCUT2D eigenvalue weighted by Gasteiger charge is 2.13. The quantitative estimate of drug-likeness (QED) is 0.806. The summed E-state index contributed by atoms with van der Waals surface area (Å²) in [5.41, 5.74) is 0.905. The van der Waals surface area contributed by atoms with E-state index in [-0.39, 0.29) is 25.2 Å². The second-order valence-electron chi connectivity index (χ2n) is 5.17. The summed E-state index contributed by atoms with van der Waals surface area (Å²) in [5.74, 6) is 1.33. The summed E-state index contributed by atoms with van der Waals surface area (Å²) < 4.78 is 11.9. The first-order chi connectivity index (χ1) is 11.6. The van der Waals surface area contributed by atoms with Gasteiger partial charge in [0.15, 0.2) is 17.3 Å². The van der Waals surface area contributed by atoms with Gasteiger partial charge < -0.3 is 20.1 Å². The van der Waals surface area contributed by atoms with Gasteiger partial charge in [0, 0.05) is 13.0 Å². The molecule has 2 heterocycles. The molecule has 0 radical (unpaired) electrons. The molecule has 0 fully saturated rings. The van der Waals surface area contributed by atoms with Gasteiger partial charge in [0.05, 0.1) is 6.20 Å². The topological polar surface area (TPSA) is 107 Å². The van der Waals surface area contributed by atoms with Gasteiger partial charge in [0.25, 0.3) is 0 Å². The van der Waals surface area contributed by atoms with Gasteiger partial charge in [-0.2, -0.15) is 0 Å². The van der Waals surface area contributed by atoms with Gasteiger partial charge >= 0.3 is 0 Å². The Kier molecular flexibility index (Phi) is 4.59. The molecule has 126 valence electrons. The second-order valence-corrected chi connectivity index (χ2v) is 5.17. The van der Waals surface area contributed by atoms with E-state index in [4.69, 9.17) is 9.47 Å². The molecule has 2 aromatic rings. The van der Waals surface area contributed by atoms with E-state index in [1.54, 1.807) is 6.92 Å². The summed E-state index contributed by atoms with van der Waals surface area (Å²) in [6, 6.07) is 5.50. The summed E-state index contributed by atoms with van der Waals surface area (Å²) in [7, 11) is 0. The summed E-state index contributed by atoms with van der Waals surface area (Å²) in [4.78, 5) is 23.2. The fraction of sp³-hybridized carbons (Fsp3) is 0.333. The maximum Gasteiger partial charge on any atom is 0.242 e. The number of ether oxygens (including phenoxy) is 2. The Morgan fingerprint density at radius 2 is 2.08 bits per heavy atom. The number of carbonyl (C=O) groups is 2. The molecule has 0 aliphatic carbocycles. The summed E-state index contributed by atoms with van der Waals surface area (Å²) in [6.45, 7) is 2.33. The van der Waals surface area contributed by atoms with Crippen molar-refractivity contribution >= 4 is 17.6 Å². The van der Waals surface area contributed by atoms with Crippen LogP contribution in [0.2, 0.25) is 0 Å². The Balaban J connectivity index is 1.50. The number of hydrogen-bond acceptors (Lipinski definition) is 6. The van der Waals surface area contributed by atoms with E-state index >= 15 is 0 Å². The third-order valence-corrected chi connectivity index (χ3v) is 3.36. The van der Waals surface area contributed by atoms with E-state index in [0.29, 0.717) is 30.3 Å². The van der Waals surface area contributed by atoms with Crippen LogP contribution in [0.3, 0.4) is 0 Å². The predicted molar refractivity (Wildman–Crippen MR) is 83.4 cm³/mol. The molecule has 1 aliphatic heterocycles. The van der Waals surface area contributed by atoms with Crippen molar-refractivity contribution in [3.05, 3.63) is 30.0 Å². The lowest BCUT2D eigenvalue weighted by molar-refractivity contribution is -0.122. The van der Waals surface area contributed by atoms with Crippen LogP contribution in [0.15, 0.2) is 24.4 Å². The number of hydrogen-bond donors (Lipinski definition) is 2. The fourth-order valence-electron chi connectivity index (χ4n) is 2.12. The summed E-state index contributed by atoms with van der Waals surface area (Å²) >= 11 is 0. The number of carbonyl (C=O) groups excluding carboxylic acids is 2. The highest BCUT2D eigenvalue weighted by Crippen LogP contribution is 2.32. The average Bonchev–Trinajstić information content (AvgIpc) is 3.21. The summed E-state index contributed by atoms with van der Waals surface area (Å²) in [6.07, 6.45) is 1.86. The number of benzene rings is 1. The van der Waals surface area contributed by atoms with Crippen LogP contribution >= 0.6 is 0 Å². The molecule has 0 atom stereocenters. The average molecular weight is 331 g/mol. The van der Waals surface area contributed by atoms with Crippen LogP contribution < -0.4 is 20.1 Å². The molecule has 9 heteroatoms. The van der Waals surface area contributed by atoms with E-state index in [1.807, 2.05) is 18.2 Å². The first-order valence-electron chi connectivity index (χ1n) is 7.49. The lowest BCUT2D eigenvalue weighted by Crippen LogP contribution is -2.27. The van der Waals surface area contributed by atoms with Crippen LogP contribution in [0.4, 0.5) is 5.82 Å². The zero-order valence-corrected chi connectivity index (χ0v) is 13.1. The van der Waals surface area contributed by atoms with E-state index in [0.717, 1.165) is 5.56 Å². The molecule has 3 rings (SSSR count). The molecular formula is C15H17N5O4. The number of rotatable bonds is 6. The molecule has 0 saturated heterocycles. The Bertz CT molecular complexity index is 758. The zero-order valence-electron chi connectivity index (χ0n) is 13.1. The number of nitrogens with one attached hydrogen (secondary N) is 2. The Morgan fingerprint density at radius 3 is 2.92 bits per heavy atom. The molecule has 0 bridgehead atoms. The molecule has 1 aromatic heterocycles. The molecule has 0 saturated carbocycles. The molecule has 2 amide bonds. The predicted octanol–water partition coefficient (Wildman–Crippen LogP) is 0.672. The van der Waals surface area contributed by atoms with Crippen LogP contribution in [-0.4, -0.2) is 33.6 Å². The fourth-order valence-corrected chi connectivity index (χ4v) is 2.12. The monoisotopic (exact) mass is 331 g/mol. The number of nitrogens with zero attached hydrogens (tertiary/aromatic N) is 3. The standard InChI is InChI=1S/C15H17N5O4/c1-2-14(21)17-13-7-20(19-18-13)8-15(22)16-6-10-3-4-11-12(5-10)24-9-23-11/h3-5,7H,2,6,8-9H2,1H3,(H,16,22)(H,17,21). The van der Waals surface area contributed by atoms with Crippen molar-refractivity contribution in [3.63, 3.8) is 0 Å². The van der Waals surface area contributed by atoms with E-state index < -0.39 is 0 Å². The third kappa shape index (κ3) is 3.80. The zero-order chi connectivity index (χ0) is 16.9. The van der Waals surface area contributed by atoms with Gasteiger partial charge in [0.1, 0.15) is 6.54 Å². The Morgan fingerprint density at radius 1 is 1.25 bits per heavy atom. The van der Waals surface area contributed by atoms with Crippen molar-refractivity contribution in [2.75, 3.05) is 12.1 Å². The van der Waals surface area contributed by atoms with Gasteiger partial charge in [0.2, 0.25) is 18.6 Å². The first kappa shape index (κ1) is 15.8. The number of anilines is 1. The number of aromatic nitrogens is 3. The van der Waals surface area contributed by atoms with Gasteiger partial charge in [-0.05, 0) is 17.7 Å². The van der Waals surface area contributed by atoms with Gasteiger partial charge in [-0.3, -0.25) is 9.59 Å². The minimum Gasteiger partial charge on any atom is -0.454 e. The smallest absolute Gasteiger partial charge is 0.242 e. The molecule has 9 nitrogen and oxygen atoms in total. The first-order valence-corrected chi connectivity index (χ1v) is 7.49. The number of amides is 2. The van der Waals surface area contributed by atoms with Crippen molar-refractivity contribution in [2.45, 2.75) is 26.4 Å². The van der Waals surface area contributed by atoms with Crippen LogP contribution in [0.5, 0.6) is 11.5 Å². The minimum absolute atomic E-state index is 0.0134. The van der Waals surface area contributed by atoms with E-state index in [9.17, 15) is 9.59 Å². The molecule has 1 aromatic carbocycles. The lowest BCUT2D eigenvalue weighted by Gasteiger charge is -2.06. The van der Waals surface area contributed by atoms with Crippen LogP contribution in [0.1, 0.15) is 18.9 Å². The molecule has 0 spiro atoms. The molecule has 24 heavy (non-hydrogen) atoms. The van der Waals surface area contributed by atoms with Crippen LogP contribution in [0, 0.1) is 0 Å². The van der Waals surface area contributed by atoms with Crippen LogP contribution in [-0.2, 0) is 22.7 Å². The Hall–Kier alpha value is -3.10. The second kappa shape index (κ2) is 6.99. The molecule has 1 aliphatic rings. The maximum atomic E-state index is 12.0. The van der Waals surface area contributed by atoms with E-state index in [2.05, 4.69) is 20.9 Å². The highest BCUT2D eigenvalue weighted by molar-refractivity contribution is 5.89. The third-order valence-electron chi connectivity index (χ3n) is 3.36.